The van der Waals surface area contributed by atoms with Crippen LogP contribution in [0.4, 0.5) is 0 Å². The molecule has 1 aliphatic heterocycles. The van der Waals surface area contributed by atoms with Crippen LogP contribution in [0.25, 0.3) is 21.2 Å². The number of nitrogens with one attached hydrogen (secondary N) is 1. The van der Waals surface area contributed by atoms with E-state index in [1.165, 1.54) is 0 Å². The lowest BCUT2D eigenvalue weighted by Gasteiger charge is -2.16. The van der Waals surface area contributed by atoms with Crippen molar-refractivity contribution in [2.45, 2.75) is 19.8 Å². The molecule has 1 aromatic heterocycles. The Balaban J connectivity index is 1.83. The Bertz CT molecular complexity index is 1010. The predicted octanol–water partition coefficient (Wildman–Crippen LogP) is 6.40. The van der Waals surface area contributed by atoms with Crippen molar-refractivity contribution in [1.29, 1.82) is 0 Å². The number of amidine groups is 1. The van der Waals surface area contributed by atoms with E-state index >= 15 is 0 Å². The third-order valence-electron chi connectivity index (χ3n) is 4.56. The van der Waals surface area contributed by atoms with E-state index in [9.17, 15) is 0 Å². The zero-order chi connectivity index (χ0) is 18.8. The third-order valence-corrected chi connectivity index (χ3v) is 6.22. The zero-order valence-electron chi connectivity index (χ0n) is 15.0. The van der Waals surface area contributed by atoms with Crippen molar-refractivity contribution < 1.29 is 4.74 Å². The van der Waals surface area contributed by atoms with Gasteiger partial charge >= 0.3 is 0 Å². The van der Waals surface area contributed by atoms with Crippen molar-refractivity contribution in [2.75, 3.05) is 19.7 Å². The SMILES string of the molecule is CCCCOc1c(C2=NCCN2)cc2cc(-c3ccc(Cl)s3)ccc2c1Cl. The van der Waals surface area contributed by atoms with Crippen molar-refractivity contribution in [3.63, 3.8) is 0 Å². The summed E-state index contributed by atoms with van der Waals surface area (Å²) in [5.41, 5.74) is 2.06. The summed E-state index contributed by atoms with van der Waals surface area (Å²) in [5.74, 6) is 1.58. The van der Waals surface area contributed by atoms with Crippen LogP contribution in [0, 0.1) is 0 Å². The van der Waals surface area contributed by atoms with Crippen LogP contribution in [0.5, 0.6) is 5.75 Å². The van der Waals surface area contributed by atoms with E-state index in [0.29, 0.717) is 11.6 Å². The second-order valence-corrected chi connectivity index (χ2v) is 8.56. The topological polar surface area (TPSA) is 33.6 Å². The third kappa shape index (κ3) is 3.79. The number of fused-ring (bicyclic) bond motifs is 1. The number of aliphatic imine (C=N–C) groups is 1. The van der Waals surface area contributed by atoms with Crippen molar-refractivity contribution in [2.24, 2.45) is 4.99 Å². The van der Waals surface area contributed by atoms with E-state index in [4.69, 9.17) is 27.9 Å². The Morgan fingerprint density at radius 3 is 2.78 bits per heavy atom. The molecule has 0 spiro atoms. The number of unbranched alkanes of at least 4 members (excludes halogenated alkanes) is 1. The molecule has 0 atom stereocenters. The number of thiophene rings is 1. The normalized spacial score (nSPS) is 13.7. The quantitative estimate of drug-likeness (QED) is 0.469. The number of hydrogen-bond donors (Lipinski definition) is 1. The van der Waals surface area contributed by atoms with Gasteiger partial charge in [0.1, 0.15) is 11.6 Å². The highest BCUT2D eigenvalue weighted by Gasteiger charge is 2.20. The summed E-state index contributed by atoms with van der Waals surface area (Å²) in [6.45, 7) is 4.40. The Hall–Kier alpha value is -1.75. The molecular weight excluding hydrogens is 399 g/mol. The van der Waals surface area contributed by atoms with Gasteiger partial charge in [0.15, 0.2) is 0 Å². The van der Waals surface area contributed by atoms with Gasteiger partial charge in [-0.3, -0.25) is 4.99 Å². The van der Waals surface area contributed by atoms with E-state index in [0.717, 1.165) is 68.6 Å². The number of nitrogens with zero attached hydrogens (tertiary/aromatic N) is 1. The molecule has 0 fully saturated rings. The van der Waals surface area contributed by atoms with Crippen LogP contribution in [0.15, 0.2) is 41.4 Å². The number of benzene rings is 2. The summed E-state index contributed by atoms with van der Waals surface area (Å²) in [7, 11) is 0. The zero-order valence-corrected chi connectivity index (χ0v) is 17.3. The second-order valence-electron chi connectivity index (χ2n) is 6.47. The summed E-state index contributed by atoms with van der Waals surface area (Å²) in [6.07, 6.45) is 2.07. The van der Waals surface area contributed by atoms with Crippen LogP contribution in [-0.4, -0.2) is 25.5 Å². The minimum Gasteiger partial charge on any atom is -0.491 e. The standard InChI is InChI=1S/C21H20Cl2N2OS/c1-2-3-10-26-20-16(21-24-8-9-25-21)12-14-11-13(4-5-15(14)19(20)23)17-6-7-18(22)27-17/h4-7,11-12H,2-3,8-10H2,1H3,(H,24,25). The lowest BCUT2D eigenvalue weighted by molar-refractivity contribution is 0.309. The maximum absolute atomic E-state index is 6.78. The van der Waals surface area contributed by atoms with Gasteiger partial charge in [-0.25, -0.2) is 0 Å². The molecule has 4 rings (SSSR count). The molecule has 0 saturated heterocycles. The molecule has 2 aromatic carbocycles. The second kappa shape index (κ2) is 8.09. The molecule has 27 heavy (non-hydrogen) atoms. The Labute approximate surface area is 173 Å². The van der Waals surface area contributed by atoms with Gasteiger partial charge in [0, 0.05) is 16.8 Å². The summed E-state index contributed by atoms with van der Waals surface area (Å²) in [4.78, 5) is 5.72. The first-order valence-corrected chi connectivity index (χ1v) is 10.7. The summed E-state index contributed by atoms with van der Waals surface area (Å²) in [6, 6.07) is 12.4. The molecule has 0 amide bonds. The van der Waals surface area contributed by atoms with Gasteiger partial charge in [-0.05, 0) is 41.6 Å². The molecule has 6 heteroatoms. The first kappa shape index (κ1) is 18.6. The highest BCUT2D eigenvalue weighted by Crippen LogP contribution is 2.40. The van der Waals surface area contributed by atoms with Crippen LogP contribution in [-0.2, 0) is 0 Å². The van der Waals surface area contributed by atoms with E-state index < -0.39 is 0 Å². The number of rotatable bonds is 6. The fraction of sp³-hybridized carbons (Fsp3) is 0.286. The molecular formula is C21H20Cl2N2OS. The van der Waals surface area contributed by atoms with Crippen molar-refractivity contribution in [1.82, 2.24) is 5.32 Å². The smallest absolute Gasteiger partial charge is 0.149 e. The molecule has 2 heterocycles. The van der Waals surface area contributed by atoms with Crippen LogP contribution >= 0.6 is 34.5 Å². The van der Waals surface area contributed by atoms with Gasteiger partial charge in [0.2, 0.25) is 0 Å². The molecule has 0 saturated carbocycles. The summed E-state index contributed by atoms with van der Waals surface area (Å²) < 4.78 is 6.86. The molecule has 0 bridgehead atoms. The van der Waals surface area contributed by atoms with Crippen LogP contribution in [0.1, 0.15) is 25.3 Å². The Kier molecular flexibility index (Phi) is 5.58. The first-order chi connectivity index (χ1) is 13.2. The van der Waals surface area contributed by atoms with Crippen LogP contribution < -0.4 is 10.1 Å². The maximum Gasteiger partial charge on any atom is 0.149 e. The molecule has 1 N–H and O–H groups in total. The van der Waals surface area contributed by atoms with E-state index in [1.54, 1.807) is 11.3 Å². The van der Waals surface area contributed by atoms with Gasteiger partial charge in [0.05, 0.1) is 28.1 Å². The number of ether oxygens (including phenoxy) is 1. The molecule has 0 aliphatic carbocycles. The number of hydrogen-bond acceptors (Lipinski definition) is 4. The predicted molar refractivity (Wildman–Crippen MR) is 117 cm³/mol. The average Bonchev–Trinajstić information content (AvgIpc) is 3.35. The summed E-state index contributed by atoms with van der Waals surface area (Å²) in [5, 5.41) is 6.03. The fourth-order valence-electron chi connectivity index (χ4n) is 3.18. The Morgan fingerprint density at radius 1 is 1.19 bits per heavy atom. The molecule has 3 nitrogen and oxygen atoms in total. The lowest BCUT2D eigenvalue weighted by Crippen LogP contribution is -2.20. The van der Waals surface area contributed by atoms with Gasteiger partial charge < -0.3 is 10.1 Å². The maximum atomic E-state index is 6.78. The molecule has 1 aliphatic rings. The molecule has 0 radical (unpaired) electrons. The van der Waals surface area contributed by atoms with Gasteiger partial charge in [0.25, 0.3) is 0 Å². The summed E-state index contributed by atoms with van der Waals surface area (Å²) >= 11 is 14.5. The highest BCUT2D eigenvalue weighted by molar-refractivity contribution is 7.19. The molecule has 0 unspecified atom stereocenters. The van der Waals surface area contributed by atoms with Crippen LogP contribution in [0.3, 0.4) is 0 Å². The monoisotopic (exact) mass is 418 g/mol. The van der Waals surface area contributed by atoms with E-state index in [2.05, 4.69) is 41.5 Å². The van der Waals surface area contributed by atoms with Gasteiger partial charge in [-0.2, -0.15) is 0 Å². The fourth-order valence-corrected chi connectivity index (χ4v) is 4.55. The van der Waals surface area contributed by atoms with E-state index in [-0.39, 0.29) is 0 Å². The molecule has 3 aromatic rings. The number of halogens is 2. The first-order valence-electron chi connectivity index (χ1n) is 9.11. The highest BCUT2D eigenvalue weighted by atomic mass is 35.5. The van der Waals surface area contributed by atoms with Gasteiger partial charge in [-0.1, -0.05) is 48.7 Å². The minimum absolute atomic E-state index is 0.644. The molecule has 140 valence electrons. The van der Waals surface area contributed by atoms with Crippen molar-refractivity contribution in [3.05, 3.63) is 51.3 Å². The van der Waals surface area contributed by atoms with Crippen molar-refractivity contribution in [3.8, 4) is 16.2 Å². The Morgan fingerprint density at radius 2 is 2.07 bits per heavy atom. The van der Waals surface area contributed by atoms with Gasteiger partial charge in [-0.15, -0.1) is 11.3 Å². The minimum atomic E-state index is 0.644. The van der Waals surface area contributed by atoms with Crippen molar-refractivity contribution >= 4 is 51.1 Å². The average molecular weight is 419 g/mol. The lowest BCUT2D eigenvalue weighted by atomic mass is 10.0. The van der Waals surface area contributed by atoms with Crippen LogP contribution in [0.2, 0.25) is 9.36 Å². The largest absolute Gasteiger partial charge is 0.491 e. The van der Waals surface area contributed by atoms with E-state index in [1.807, 2.05) is 12.1 Å².